The fraction of sp³-hybridized carbons (Fsp3) is 0.167. The van der Waals surface area contributed by atoms with Crippen molar-refractivity contribution >= 4 is 105 Å². The number of alkyl halides is 2. The molecule has 2 aliphatic rings. The summed E-state index contributed by atoms with van der Waals surface area (Å²) in [4.78, 5) is -2.30. The second kappa shape index (κ2) is 10.2. The largest absolute Gasteiger partial charge is 0.135 e. The van der Waals surface area contributed by atoms with Crippen LogP contribution in [0.5, 0.6) is 0 Å². The van der Waals surface area contributed by atoms with Crippen LogP contribution in [-0.4, -0.2) is 10.5 Å². The summed E-state index contributed by atoms with van der Waals surface area (Å²) in [5, 5.41) is 2.19. The molecular weight excluding hydrogens is 604 g/mol. The SMILES string of the molecule is ClC1=CC(Cl)(c2ccccc2Cl)C(Cl)=CC1SC1C=C(Cl)C(Cl)(c2ccccc2Cl)C=C1Cl. The lowest BCUT2D eigenvalue weighted by Crippen LogP contribution is -2.26. The average Bonchev–Trinajstić information content (AvgIpc) is 2.76. The van der Waals surface area contributed by atoms with E-state index in [1.165, 1.54) is 11.8 Å². The lowest BCUT2D eigenvalue weighted by Gasteiger charge is -2.34. The van der Waals surface area contributed by atoms with Gasteiger partial charge in [-0.2, -0.15) is 0 Å². The van der Waals surface area contributed by atoms with Gasteiger partial charge >= 0.3 is 0 Å². The molecule has 4 atom stereocenters. The molecule has 33 heavy (non-hydrogen) atoms. The molecule has 4 unspecified atom stereocenters. The Hall–Kier alpha value is 0.0700. The highest BCUT2D eigenvalue weighted by Crippen LogP contribution is 2.53. The molecule has 0 aliphatic heterocycles. The van der Waals surface area contributed by atoms with Crippen LogP contribution in [0.3, 0.4) is 0 Å². The molecule has 0 radical (unpaired) electrons. The van der Waals surface area contributed by atoms with Crippen molar-refractivity contribution in [3.63, 3.8) is 0 Å². The molecule has 2 aromatic carbocycles. The van der Waals surface area contributed by atoms with Crippen LogP contribution in [0, 0.1) is 0 Å². The zero-order chi connectivity index (χ0) is 24.0. The summed E-state index contributed by atoms with van der Waals surface area (Å²) in [5.41, 5.74) is 1.31. The summed E-state index contributed by atoms with van der Waals surface area (Å²) in [6.45, 7) is 0. The minimum absolute atomic E-state index is 0.301. The van der Waals surface area contributed by atoms with Gasteiger partial charge in [-0.15, -0.1) is 35.0 Å². The molecular formula is C24H14Cl8S. The van der Waals surface area contributed by atoms with Crippen molar-refractivity contribution in [3.8, 4) is 0 Å². The average molecular weight is 618 g/mol. The first-order chi connectivity index (χ1) is 15.6. The van der Waals surface area contributed by atoms with Crippen LogP contribution in [0.25, 0.3) is 0 Å². The van der Waals surface area contributed by atoms with E-state index in [0.717, 1.165) is 0 Å². The van der Waals surface area contributed by atoms with Gasteiger partial charge in [0.15, 0.2) is 0 Å². The number of hydrogen-bond donors (Lipinski definition) is 0. The second-order valence-corrected chi connectivity index (χ2v) is 12.4. The van der Waals surface area contributed by atoms with Crippen molar-refractivity contribution < 1.29 is 0 Å². The van der Waals surface area contributed by atoms with Gasteiger partial charge in [0.1, 0.15) is 9.75 Å². The molecule has 0 saturated heterocycles. The third-order valence-corrected chi connectivity index (χ3v) is 10.4. The van der Waals surface area contributed by atoms with E-state index in [-0.39, 0.29) is 10.5 Å². The predicted molar refractivity (Wildman–Crippen MR) is 149 cm³/mol. The molecule has 0 spiro atoms. The summed E-state index contributed by atoms with van der Waals surface area (Å²) in [6.07, 6.45) is 7.01. The lowest BCUT2D eigenvalue weighted by molar-refractivity contribution is 0.907. The minimum atomic E-state index is -1.15. The maximum absolute atomic E-state index is 6.88. The molecule has 9 heteroatoms. The molecule has 0 N–H and O–H groups in total. The Morgan fingerprint density at radius 2 is 0.939 bits per heavy atom. The van der Waals surface area contributed by atoms with Crippen molar-refractivity contribution in [1.82, 2.24) is 0 Å². The van der Waals surface area contributed by atoms with E-state index in [1.807, 2.05) is 36.4 Å². The standard InChI is InChI=1S/C24H14Cl8S/c25-15-7-3-1-5-13(15)23(31)11-17(27)19(9-21(23)29)33-20-10-22(30)24(32,12-18(20)28)14-6-2-4-8-16(14)26/h1-12,19-20H. The highest BCUT2D eigenvalue weighted by molar-refractivity contribution is 8.01. The Labute approximate surface area is 237 Å². The van der Waals surface area contributed by atoms with Crippen molar-refractivity contribution in [1.29, 1.82) is 0 Å². The fourth-order valence-electron chi connectivity index (χ4n) is 3.64. The number of rotatable bonds is 4. The minimum Gasteiger partial charge on any atom is -0.135 e. The van der Waals surface area contributed by atoms with Gasteiger partial charge in [-0.25, -0.2) is 0 Å². The van der Waals surface area contributed by atoms with Crippen LogP contribution in [0.2, 0.25) is 10.0 Å². The molecule has 4 rings (SSSR count). The summed E-state index contributed by atoms with van der Waals surface area (Å²) in [6, 6.07) is 14.5. The summed E-state index contributed by atoms with van der Waals surface area (Å²) >= 11 is 54.5. The summed E-state index contributed by atoms with van der Waals surface area (Å²) in [5.74, 6) is 0. The van der Waals surface area contributed by atoms with E-state index in [1.54, 1.807) is 36.4 Å². The van der Waals surface area contributed by atoms with Crippen molar-refractivity contribution in [2.45, 2.75) is 20.2 Å². The van der Waals surface area contributed by atoms with Gasteiger partial charge in [-0.1, -0.05) is 106 Å². The van der Waals surface area contributed by atoms with E-state index < -0.39 is 9.75 Å². The number of allylic oxidation sites excluding steroid dienone is 4. The van der Waals surface area contributed by atoms with E-state index in [0.29, 0.717) is 41.3 Å². The third kappa shape index (κ3) is 5.01. The highest BCUT2D eigenvalue weighted by atomic mass is 35.5. The summed E-state index contributed by atoms with van der Waals surface area (Å²) in [7, 11) is 0. The number of benzene rings is 2. The Morgan fingerprint density at radius 1 is 0.576 bits per heavy atom. The van der Waals surface area contributed by atoms with Crippen molar-refractivity contribution in [2.24, 2.45) is 0 Å². The van der Waals surface area contributed by atoms with Crippen LogP contribution in [0.4, 0.5) is 0 Å². The third-order valence-electron chi connectivity index (χ3n) is 5.33. The molecule has 2 aliphatic carbocycles. The molecule has 0 fully saturated rings. The Morgan fingerprint density at radius 3 is 1.30 bits per heavy atom. The maximum Gasteiger partial charge on any atom is 0.126 e. The fourth-order valence-corrected chi connectivity index (χ4v) is 7.73. The van der Waals surface area contributed by atoms with E-state index in [9.17, 15) is 0 Å². The zero-order valence-corrected chi connectivity index (χ0v) is 23.4. The van der Waals surface area contributed by atoms with Crippen molar-refractivity contribution in [2.75, 3.05) is 0 Å². The molecule has 2 aromatic rings. The molecule has 0 saturated carbocycles. The van der Waals surface area contributed by atoms with Gasteiger partial charge in [0.25, 0.3) is 0 Å². The van der Waals surface area contributed by atoms with Crippen LogP contribution >= 0.6 is 105 Å². The molecule has 0 aromatic heterocycles. The van der Waals surface area contributed by atoms with Crippen molar-refractivity contribution in [3.05, 3.63) is 114 Å². The summed E-state index contributed by atoms with van der Waals surface area (Å²) < 4.78 is 0. The monoisotopic (exact) mass is 614 g/mol. The second-order valence-electron chi connectivity index (χ2n) is 7.45. The first kappa shape index (κ1) is 26.1. The number of halogens is 8. The van der Waals surface area contributed by atoms with Gasteiger partial charge in [0.05, 0.1) is 10.5 Å². The maximum atomic E-state index is 6.88. The van der Waals surface area contributed by atoms with Gasteiger partial charge in [-0.05, 0) is 36.4 Å². The topological polar surface area (TPSA) is 0 Å². The van der Waals surface area contributed by atoms with Crippen LogP contribution in [0.1, 0.15) is 11.1 Å². The highest BCUT2D eigenvalue weighted by Gasteiger charge is 2.41. The number of thioether (sulfide) groups is 1. The normalized spacial score (nSPS) is 29.7. The Bertz CT molecular complexity index is 1120. The molecule has 0 nitrogen and oxygen atoms in total. The predicted octanol–water partition coefficient (Wildman–Crippen LogP) is 10.6. The van der Waals surface area contributed by atoms with E-state index in [4.69, 9.17) is 92.8 Å². The van der Waals surface area contributed by atoms with Crippen LogP contribution in [0.15, 0.2) is 93.0 Å². The van der Waals surface area contributed by atoms with Gasteiger partial charge in [0, 0.05) is 41.3 Å². The first-order valence-electron chi connectivity index (χ1n) is 9.61. The smallest absolute Gasteiger partial charge is 0.126 e. The van der Waals surface area contributed by atoms with Gasteiger partial charge < -0.3 is 0 Å². The first-order valence-corrected chi connectivity index (χ1v) is 13.6. The quantitative estimate of drug-likeness (QED) is 0.308. The lowest BCUT2D eigenvalue weighted by atomic mass is 9.93. The molecule has 0 heterocycles. The van der Waals surface area contributed by atoms with E-state index in [2.05, 4.69) is 0 Å². The van der Waals surface area contributed by atoms with Gasteiger partial charge in [-0.3, -0.25) is 0 Å². The van der Waals surface area contributed by atoms with E-state index >= 15 is 0 Å². The van der Waals surface area contributed by atoms with Gasteiger partial charge in [0.2, 0.25) is 0 Å². The van der Waals surface area contributed by atoms with Crippen LogP contribution in [-0.2, 0) is 9.75 Å². The van der Waals surface area contributed by atoms with Crippen LogP contribution < -0.4 is 0 Å². The molecule has 172 valence electrons. The Kier molecular flexibility index (Phi) is 8.09. The zero-order valence-electron chi connectivity index (χ0n) is 16.5. The Balaban J connectivity index is 1.61. The molecule has 0 bridgehead atoms. The number of hydrogen-bond acceptors (Lipinski definition) is 1. The molecule has 0 amide bonds.